The number of carbonyl (C=O) groups excluding carboxylic acids is 1. The van der Waals surface area contributed by atoms with Crippen LogP contribution in [-0.2, 0) is 0 Å². The molecule has 2 rings (SSSR count). The van der Waals surface area contributed by atoms with Crippen LogP contribution in [0.3, 0.4) is 0 Å². The Morgan fingerprint density at radius 2 is 1.68 bits per heavy atom. The molecule has 0 saturated heterocycles. The van der Waals surface area contributed by atoms with E-state index in [2.05, 4.69) is 0 Å². The van der Waals surface area contributed by atoms with Crippen molar-refractivity contribution >= 4 is 42.8 Å². The first-order chi connectivity index (χ1) is 9.15. The van der Waals surface area contributed by atoms with Crippen molar-refractivity contribution in [2.75, 3.05) is 5.51 Å². The molecule has 5 heteroatoms. The summed E-state index contributed by atoms with van der Waals surface area (Å²) in [5.41, 5.74) is 0.925. The first-order valence-electron chi connectivity index (χ1n) is 5.46. The van der Waals surface area contributed by atoms with Gasteiger partial charge in [0.1, 0.15) is 0 Å². The molecule has 2 aromatic rings. The molecule has 0 heterocycles. The van der Waals surface area contributed by atoms with E-state index in [1.807, 2.05) is 30.3 Å². The van der Waals surface area contributed by atoms with E-state index in [0.717, 1.165) is 5.75 Å². The summed E-state index contributed by atoms with van der Waals surface area (Å²) in [5, 5.41) is 0.936. The van der Waals surface area contributed by atoms with E-state index >= 15 is 0 Å². The molecule has 0 aliphatic rings. The molecule has 0 unspecified atom stereocenters. The average Bonchev–Trinajstić information content (AvgIpc) is 2.38. The number of hydrogen-bond acceptors (Lipinski definition) is 2. The van der Waals surface area contributed by atoms with Gasteiger partial charge in [-0.1, -0.05) is 0 Å². The molecule has 0 amide bonds. The van der Waals surface area contributed by atoms with Crippen LogP contribution in [0.4, 0.5) is 0 Å². The molecule has 2 nitrogen and oxygen atoms in total. The molecule has 0 N–H and O–H groups in total. The zero-order valence-corrected chi connectivity index (χ0v) is 13.0. The zero-order chi connectivity index (χ0) is 13.7. The van der Waals surface area contributed by atoms with Crippen LogP contribution >= 0.6 is 23.2 Å². The maximum absolute atomic E-state index is 12.0. The van der Waals surface area contributed by atoms with Crippen molar-refractivity contribution in [3.8, 4) is 5.75 Å². The first kappa shape index (κ1) is 14.4. The molecule has 0 bridgehead atoms. The molecular weight excluding hydrogens is 350 g/mol. The summed E-state index contributed by atoms with van der Waals surface area (Å²) in [5.74, 6) is 0.765. The summed E-state index contributed by atoms with van der Waals surface area (Å²) in [6.45, 7) is 0. The van der Waals surface area contributed by atoms with Crippen molar-refractivity contribution in [2.45, 2.75) is 0 Å². The van der Waals surface area contributed by atoms with Gasteiger partial charge in [-0.25, -0.2) is 0 Å². The number of benzene rings is 2. The van der Waals surface area contributed by atoms with Crippen LogP contribution in [0.15, 0.2) is 48.5 Å². The Morgan fingerprint density at radius 3 is 2.32 bits per heavy atom. The fourth-order valence-electron chi connectivity index (χ4n) is 1.42. The molecule has 98 valence electrons. The van der Waals surface area contributed by atoms with E-state index in [9.17, 15) is 4.79 Å². The van der Waals surface area contributed by atoms with Crippen LogP contribution < -0.4 is 4.74 Å². The van der Waals surface area contributed by atoms with Gasteiger partial charge in [0, 0.05) is 0 Å². The summed E-state index contributed by atoms with van der Waals surface area (Å²) in [6.07, 6.45) is 0. The van der Waals surface area contributed by atoms with E-state index in [1.54, 1.807) is 18.2 Å². The Balaban J connectivity index is 1.91. The second kappa shape index (κ2) is 6.97. The van der Waals surface area contributed by atoms with Crippen LogP contribution in [0.5, 0.6) is 5.75 Å². The Morgan fingerprint density at radius 1 is 1.05 bits per heavy atom. The van der Waals surface area contributed by atoms with Crippen molar-refractivity contribution in [2.24, 2.45) is 0 Å². The number of carbonyl (C=O) groups is 1. The van der Waals surface area contributed by atoms with Crippen LogP contribution in [0.1, 0.15) is 10.4 Å². The normalized spacial score (nSPS) is 10.2. The van der Waals surface area contributed by atoms with Crippen LogP contribution in [0.25, 0.3) is 0 Å². The Kier molecular flexibility index (Phi) is 5.29. The van der Waals surface area contributed by atoms with Gasteiger partial charge in [0.25, 0.3) is 0 Å². The number of para-hydroxylation sites is 1. The van der Waals surface area contributed by atoms with Crippen LogP contribution in [0.2, 0.25) is 10.0 Å². The molecule has 0 aromatic heterocycles. The quantitative estimate of drug-likeness (QED) is 0.757. The Bertz CT molecular complexity index is 553. The van der Waals surface area contributed by atoms with E-state index in [4.69, 9.17) is 27.9 Å². The van der Waals surface area contributed by atoms with Crippen molar-refractivity contribution < 1.29 is 9.53 Å². The second-order valence-corrected chi connectivity index (χ2v) is 6.42. The topological polar surface area (TPSA) is 26.3 Å². The Hall–Kier alpha value is -0.991. The molecule has 0 aliphatic carbocycles. The molecule has 0 saturated carbocycles. The molecule has 0 atom stereocenters. The molecule has 0 aliphatic heterocycles. The second-order valence-electron chi connectivity index (χ2n) is 3.67. The monoisotopic (exact) mass is 360 g/mol. The van der Waals surface area contributed by atoms with Gasteiger partial charge in [0.05, 0.1) is 0 Å². The van der Waals surface area contributed by atoms with Gasteiger partial charge >= 0.3 is 128 Å². The maximum atomic E-state index is 12.0. The van der Waals surface area contributed by atoms with Gasteiger partial charge < -0.3 is 0 Å². The third-order valence-corrected chi connectivity index (χ3v) is 4.23. The first-order valence-corrected chi connectivity index (χ1v) is 8.28. The van der Waals surface area contributed by atoms with Crippen molar-refractivity contribution in [1.29, 1.82) is 0 Å². The van der Waals surface area contributed by atoms with Gasteiger partial charge in [-0.3, -0.25) is 0 Å². The fraction of sp³-hybridized carbons (Fsp3) is 0.0714. The zero-order valence-electron chi connectivity index (χ0n) is 9.81. The molecule has 0 fully saturated rings. The molecular formula is C14H10Cl2O2Se. The fourth-order valence-corrected chi connectivity index (χ4v) is 3.18. The molecule has 19 heavy (non-hydrogen) atoms. The third kappa shape index (κ3) is 4.55. The van der Waals surface area contributed by atoms with Crippen LogP contribution in [0, 0.1) is 0 Å². The SMILES string of the molecule is O=C([Se]COc1ccccc1)c1cc(Cl)cc(Cl)c1. The van der Waals surface area contributed by atoms with Crippen molar-refractivity contribution in [3.05, 3.63) is 64.1 Å². The molecule has 2 aromatic carbocycles. The number of rotatable bonds is 5. The predicted octanol–water partition coefficient (Wildman–Crippen LogP) is 3.87. The minimum atomic E-state index is -0.302. The summed E-state index contributed by atoms with van der Waals surface area (Å²) < 4.78 is 5.52. The van der Waals surface area contributed by atoms with E-state index < -0.39 is 0 Å². The van der Waals surface area contributed by atoms with Gasteiger partial charge in [0.15, 0.2) is 0 Å². The number of ether oxygens (including phenoxy) is 1. The van der Waals surface area contributed by atoms with Gasteiger partial charge in [-0.2, -0.15) is 0 Å². The summed E-state index contributed by atoms with van der Waals surface area (Å²) >= 11 is 11.4. The standard InChI is InChI=1S/C14H10Cl2O2Se/c15-11-6-10(7-12(16)8-11)14(17)19-9-18-13-4-2-1-3-5-13/h1-8H,9H2. The van der Waals surface area contributed by atoms with Gasteiger partial charge in [0.2, 0.25) is 0 Å². The summed E-state index contributed by atoms with van der Waals surface area (Å²) in [6, 6.07) is 14.3. The Labute approximate surface area is 127 Å². The number of hydrogen-bond donors (Lipinski definition) is 0. The van der Waals surface area contributed by atoms with Crippen LogP contribution in [-0.4, -0.2) is 25.1 Å². The van der Waals surface area contributed by atoms with E-state index in [0.29, 0.717) is 21.1 Å². The predicted molar refractivity (Wildman–Crippen MR) is 78.5 cm³/mol. The van der Waals surface area contributed by atoms with Crippen molar-refractivity contribution in [3.63, 3.8) is 0 Å². The molecule has 0 spiro atoms. The molecule has 0 radical (unpaired) electrons. The summed E-state index contributed by atoms with van der Waals surface area (Å²) in [4.78, 5) is 12.0. The van der Waals surface area contributed by atoms with E-state index in [-0.39, 0.29) is 19.6 Å². The minimum absolute atomic E-state index is 0.0211. The third-order valence-electron chi connectivity index (χ3n) is 2.26. The van der Waals surface area contributed by atoms with E-state index in [1.165, 1.54) is 0 Å². The summed E-state index contributed by atoms with van der Waals surface area (Å²) in [7, 11) is 0. The van der Waals surface area contributed by atoms with Gasteiger partial charge in [-0.15, -0.1) is 0 Å². The average molecular weight is 360 g/mol. The van der Waals surface area contributed by atoms with Gasteiger partial charge in [-0.05, 0) is 0 Å². The van der Waals surface area contributed by atoms with Crippen molar-refractivity contribution in [1.82, 2.24) is 0 Å². The number of halogens is 2.